The van der Waals surface area contributed by atoms with Crippen molar-refractivity contribution in [1.82, 2.24) is 0 Å². The molecule has 0 aliphatic heterocycles. The van der Waals surface area contributed by atoms with Crippen molar-refractivity contribution < 1.29 is 14.3 Å². The zero-order valence-electron chi connectivity index (χ0n) is 9.14. The van der Waals surface area contributed by atoms with E-state index in [-0.39, 0.29) is 18.0 Å². The van der Waals surface area contributed by atoms with Gasteiger partial charge in [-0.05, 0) is 18.6 Å². The van der Waals surface area contributed by atoms with Crippen molar-refractivity contribution in [2.24, 2.45) is 5.92 Å². The van der Waals surface area contributed by atoms with Gasteiger partial charge in [0.15, 0.2) is 8.03 Å². The van der Waals surface area contributed by atoms with Gasteiger partial charge in [0, 0.05) is 17.8 Å². The number of carbonyl (C=O) groups is 1. The molecule has 0 aliphatic rings. The first-order valence-corrected chi connectivity index (χ1v) is 6.73. The number of rotatable bonds is 5. The molecule has 0 heterocycles. The Morgan fingerprint density at radius 3 is 2.62 bits per heavy atom. The molecule has 1 rings (SSSR count). The van der Waals surface area contributed by atoms with Crippen LogP contribution < -0.4 is 5.32 Å². The second-order valence-electron chi connectivity index (χ2n) is 3.69. The monoisotopic (exact) mass is 241 g/mol. The highest BCUT2D eigenvalue weighted by Gasteiger charge is 2.13. The Kier molecular flexibility index (Phi) is 5.23. The first-order chi connectivity index (χ1) is 7.59. The molecule has 2 atom stereocenters. The number of hydrogen-bond acceptors (Lipinski definition) is 2. The lowest BCUT2D eigenvalue weighted by molar-refractivity contribution is -0.119. The lowest BCUT2D eigenvalue weighted by Crippen LogP contribution is -2.20. The summed E-state index contributed by atoms with van der Waals surface area (Å²) in [6, 6.07) is 9.16. The van der Waals surface area contributed by atoms with Crippen LogP contribution in [-0.4, -0.2) is 17.0 Å². The van der Waals surface area contributed by atoms with Crippen molar-refractivity contribution in [3.05, 3.63) is 30.3 Å². The fourth-order valence-corrected chi connectivity index (χ4v) is 1.94. The molecule has 5 heteroatoms. The Morgan fingerprint density at radius 2 is 2.06 bits per heavy atom. The summed E-state index contributed by atoms with van der Waals surface area (Å²) in [5.74, 6) is -0.365. The van der Waals surface area contributed by atoms with Crippen LogP contribution >= 0.6 is 8.03 Å². The molecule has 88 valence electrons. The van der Waals surface area contributed by atoms with Crippen LogP contribution in [0.1, 0.15) is 13.3 Å². The number of anilines is 1. The first-order valence-electron chi connectivity index (χ1n) is 5.17. The SMILES string of the molecule is CC(CC[PH](=O)O)C(=O)Nc1ccccc1. The molecule has 2 N–H and O–H groups in total. The van der Waals surface area contributed by atoms with E-state index < -0.39 is 8.03 Å². The molecule has 0 aliphatic carbocycles. The summed E-state index contributed by atoms with van der Waals surface area (Å²) >= 11 is 0. The minimum atomic E-state index is -2.46. The average molecular weight is 241 g/mol. The molecule has 1 amide bonds. The van der Waals surface area contributed by atoms with Gasteiger partial charge in [0.1, 0.15) is 0 Å². The fraction of sp³-hybridized carbons (Fsp3) is 0.364. The molecule has 2 unspecified atom stereocenters. The Morgan fingerprint density at radius 1 is 1.44 bits per heavy atom. The third-order valence-corrected chi connectivity index (χ3v) is 3.00. The Labute approximate surface area is 95.6 Å². The first kappa shape index (κ1) is 12.9. The number of benzene rings is 1. The number of hydrogen-bond donors (Lipinski definition) is 2. The maximum absolute atomic E-state index is 11.6. The predicted molar refractivity (Wildman–Crippen MR) is 64.9 cm³/mol. The molecule has 0 spiro atoms. The van der Waals surface area contributed by atoms with Crippen LogP contribution in [-0.2, 0) is 9.36 Å². The molecule has 1 aromatic rings. The van der Waals surface area contributed by atoms with Crippen molar-refractivity contribution in [2.75, 3.05) is 11.5 Å². The van der Waals surface area contributed by atoms with E-state index in [9.17, 15) is 9.36 Å². The quantitative estimate of drug-likeness (QED) is 0.776. The minimum absolute atomic E-state index is 0.116. The highest BCUT2D eigenvalue weighted by Crippen LogP contribution is 2.18. The molecule has 0 fully saturated rings. The van der Waals surface area contributed by atoms with Gasteiger partial charge in [-0.15, -0.1) is 0 Å². The number of para-hydroxylation sites is 1. The van der Waals surface area contributed by atoms with Gasteiger partial charge in [-0.3, -0.25) is 9.36 Å². The molecular weight excluding hydrogens is 225 g/mol. The fourth-order valence-electron chi connectivity index (χ4n) is 1.26. The maximum atomic E-state index is 11.6. The zero-order chi connectivity index (χ0) is 12.0. The Bertz CT molecular complexity index is 367. The van der Waals surface area contributed by atoms with Gasteiger partial charge in [-0.1, -0.05) is 25.1 Å². The van der Waals surface area contributed by atoms with E-state index in [0.29, 0.717) is 6.42 Å². The third kappa shape index (κ3) is 4.60. The third-order valence-electron chi connectivity index (χ3n) is 2.28. The van der Waals surface area contributed by atoms with Gasteiger partial charge >= 0.3 is 0 Å². The molecule has 0 saturated carbocycles. The summed E-state index contributed by atoms with van der Waals surface area (Å²) in [5, 5.41) is 2.75. The van der Waals surface area contributed by atoms with Crippen molar-refractivity contribution in [3.8, 4) is 0 Å². The molecule has 0 saturated heterocycles. The van der Waals surface area contributed by atoms with Crippen LogP contribution in [0.25, 0.3) is 0 Å². The van der Waals surface area contributed by atoms with E-state index in [1.807, 2.05) is 18.2 Å². The van der Waals surface area contributed by atoms with Gasteiger partial charge in [0.25, 0.3) is 0 Å². The van der Waals surface area contributed by atoms with E-state index in [0.717, 1.165) is 5.69 Å². The molecule has 0 bridgehead atoms. The van der Waals surface area contributed by atoms with Crippen LogP contribution in [0.15, 0.2) is 30.3 Å². The maximum Gasteiger partial charge on any atom is 0.227 e. The molecular formula is C11H16NO3P. The molecule has 4 nitrogen and oxygen atoms in total. The standard InChI is InChI=1S/C11H16NO3P/c1-9(7-8-16(14)15)11(13)12-10-5-3-2-4-6-10/h2-6,9,16H,7-8H2,1H3,(H,12,13)(H,14,15). The van der Waals surface area contributed by atoms with Gasteiger partial charge in [0.2, 0.25) is 5.91 Å². The van der Waals surface area contributed by atoms with Crippen LogP contribution in [0.5, 0.6) is 0 Å². The number of nitrogens with one attached hydrogen (secondary N) is 1. The topological polar surface area (TPSA) is 66.4 Å². The second-order valence-corrected chi connectivity index (χ2v) is 4.98. The average Bonchev–Trinajstić information content (AvgIpc) is 2.27. The second kappa shape index (κ2) is 6.46. The van der Waals surface area contributed by atoms with Crippen molar-refractivity contribution >= 4 is 19.6 Å². The van der Waals surface area contributed by atoms with Gasteiger partial charge in [-0.2, -0.15) is 0 Å². The number of carbonyl (C=O) groups excluding carboxylic acids is 1. The summed E-state index contributed by atoms with van der Waals surface area (Å²) in [4.78, 5) is 20.3. The summed E-state index contributed by atoms with van der Waals surface area (Å²) in [6.07, 6.45) is 0.640. The van der Waals surface area contributed by atoms with E-state index in [2.05, 4.69) is 5.32 Å². The van der Waals surface area contributed by atoms with Crippen molar-refractivity contribution in [3.63, 3.8) is 0 Å². The highest BCUT2D eigenvalue weighted by molar-refractivity contribution is 7.37. The molecule has 16 heavy (non-hydrogen) atoms. The normalized spacial score (nSPS) is 14.1. The molecule has 1 aromatic carbocycles. The smallest absolute Gasteiger partial charge is 0.227 e. The van der Waals surface area contributed by atoms with E-state index in [4.69, 9.17) is 4.89 Å². The van der Waals surface area contributed by atoms with Gasteiger partial charge in [-0.25, -0.2) is 0 Å². The Hall–Kier alpha value is -1.12. The zero-order valence-corrected chi connectivity index (χ0v) is 10.1. The molecule has 0 radical (unpaired) electrons. The Balaban J connectivity index is 2.43. The van der Waals surface area contributed by atoms with E-state index in [1.165, 1.54) is 0 Å². The lowest BCUT2D eigenvalue weighted by Gasteiger charge is -2.11. The van der Waals surface area contributed by atoms with Crippen molar-refractivity contribution in [2.45, 2.75) is 13.3 Å². The van der Waals surface area contributed by atoms with Crippen LogP contribution in [0.4, 0.5) is 5.69 Å². The van der Waals surface area contributed by atoms with Crippen LogP contribution in [0.3, 0.4) is 0 Å². The van der Waals surface area contributed by atoms with Crippen molar-refractivity contribution in [1.29, 1.82) is 0 Å². The predicted octanol–water partition coefficient (Wildman–Crippen LogP) is 2.12. The van der Waals surface area contributed by atoms with E-state index in [1.54, 1.807) is 19.1 Å². The summed E-state index contributed by atoms with van der Waals surface area (Å²) < 4.78 is 10.5. The van der Waals surface area contributed by atoms with Crippen LogP contribution in [0, 0.1) is 5.92 Å². The summed E-state index contributed by atoms with van der Waals surface area (Å²) in [5.41, 5.74) is 0.746. The highest BCUT2D eigenvalue weighted by atomic mass is 31.1. The molecule has 0 aromatic heterocycles. The van der Waals surface area contributed by atoms with E-state index >= 15 is 0 Å². The van der Waals surface area contributed by atoms with Crippen LogP contribution in [0.2, 0.25) is 0 Å². The van der Waals surface area contributed by atoms with Gasteiger partial charge in [0.05, 0.1) is 0 Å². The lowest BCUT2D eigenvalue weighted by atomic mass is 10.1. The summed E-state index contributed by atoms with van der Waals surface area (Å²) in [6.45, 7) is 1.75. The van der Waals surface area contributed by atoms with Gasteiger partial charge < -0.3 is 10.2 Å². The summed E-state index contributed by atoms with van der Waals surface area (Å²) in [7, 11) is -2.46. The number of amides is 1. The minimum Gasteiger partial charge on any atom is -0.346 e. The largest absolute Gasteiger partial charge is 0.346 e.